The SMILES string of the molecule is CO[C@H]1CC[C@]2(C=C[C@H](C)[C@@H](C[C@@H](O)C[C@H](O)C[C@@H]3CCC[C@H](CCOC(=O)C(C)(C)C)O3)O2)O[C@@H]1[C@H](CO[Si](c1ccccc1)(c1ccccc1)C(C)(C)C)OC(=O)C(C)(C)C. The third-order valence-corrected chi connectivity index (χ3v) is 17.8. The van der Waals surface area contributed by atoms with Crippen LogP contribution in [0.3, 0.4) is 0 Å². The fraction of sp³-hybridized carbons (Fsp3) is 0.686. The van der Waals surface area contributed by atoms with Crippen LogP contribution in [0.15, 0.2) is 72.8 Å². The summed E-state index contributed by atoms with van der Waals surface area (Å²) in [6.07, 6.45) is 5.06. The van der Waals surface area contributed by atoms with Crippen LogP contribution in [0.1, 0.15) is 127 Å². The maximum atomic E-state index is 13.8. The maximum Gasteiger partial charge on any atom is 0.311 e. The molecule has 5 rings (SSSR count). The molecular formula is C51H78O11Si. The molecule has 0 radical (unpaired) electrons. The van der Waals surface area contributed by atoms with E-state index >= 15 is 0 Å². The van der Waals surface area contributed by atoms with E-state index in [0.29, 0.717) is 38.7 Å². The Morgan fingerprint density at radius 1 is 0.810 bits per heavy atom. The molecule has 0 aliphatic carbocycles. The van der Waals surface area contributed by atoms with Gasteiger partial charge in [0.25, 0.3) is 8.32 Å². The number of benzene rings is 2. The summed E-state index contributed by atoms with van der Waals surface area (Å²) in [7, 11) is -1.39. The predicted molar refractivity (Wildman–Crippen MR) is 247 cm³/mol. The molecule has 3 aliphatic heterocycles. The monoisotopic (exact) mass is 895 g/mol. The molecule has 2 aromatic rings. The molecular weight excluding hydrogens is 817 g/mol. The van der Waals surface area contributed by atoms with Gasteiger partial charge in [-0.25, -0.2) is 0 Å². The Hall–Kier alpha value is -2.94. The zero-order valence-electron chi connectivity index (χ0n) is 40.0. The van der Waals surface area contributed by atoms with Crippen molar-refractivity contribution < 1.29 is 52.6 Å². The highest BCUT2D eigenvalue weighted by molar-refractivity contribution is 6.99. The van der Waals surface area contributed by atoms with Gasteiger partial charge in [0.05, 0.1) is 60.7 Å². The van der Waals surface area contributed by atoms with E-state index in [1.54, 1.807) is 7.11 Å². The molecule has 2 saturated heterocycles. The Labute approximate surface area is 378 Å². The smallest absolute Gasteiger partial charge is 0.311 e. The molecule has 0 saturated carbocycles. The van der Waals surface area contributed by atoms with Crippen molar-refractivity contribution in [1.82, 2.24) is 0 Å². The minimum absolute atomic E-state index is 0.0348. The highest BCUT2D eigenvalue weighted by Gasteiger charge is 2.53. The predicted octanol–water partition coefficient (Wildman–Crippen LogP) is 7.81. The van der Waals surface area contributed by atoms with E-state index in [9.17, 15) is 19.8 Å². The van der Waals surface area contributed by atoms with Gasteiger partial charge in [0.2, 0.25) is 0 Å². The second-order valence-electron chi connectivity index (χ2n) is 21.3. The molecule has 10 atom stereocenters. The summed E-state index contributed by atoms with van der Waals surface area (Å²) in [4.78, 5) is 26.0. The van der Waals surface area contributed by atoms with Crippen LogP contribution in [0.2, 0.25) is 5.04 Å². The Kier molecular flexibility index (Phi) is 17.5. The lowest BCUT2D eigenvalue weighted by Crippen LogP contribution is -2.68. The zero-order valence-corrected chi connectivity index (χ0v) is 41.0. The van der Waals surface area contributed by atoms with Gasteiger partial charge in [0.15, 0.2) is 11.9 Å². The molecule has 2 N–H and O–H groups in total. The molecule has 2 aromatic carbocycles. The summed E-state index contributed by atoms with van der Waals surface area (Å²) in [6.45, 7) is 20.1. The first kappa shape index (κ1) is 51.0. The second kappa shape index (κ2) is 21.6. The van der Waals surface area contributed by atoms with Gasteiger partial charge in [0, 0.05) is 32.3 Å². The third kappa shape index (κ3) is 13.3. The summed E-state index contributed by atoms with van der Waals surface area (Å²) in [5.74, 6) is -1.80. The van der Waals surface area contributed by atoms with Gasteiger partial charge < -0.3 is 43.1 Å². The van der Waals surface area contributed by atoms with Crippen molar-refractivity contribution in [3.05, 3.63) is 72.8 Å². The van der Waals surface area contributed by atoms with E-state index in [1.807, 2.05) is 84.0 Å². The van der Waals surface area contributed by atoms with E-state index < -0.39 is 61.6 Å². The molecule has 1 spiro atoms. The molecule has 3 heterocycles. The summed E-state index contributed by atoms with van der Waals surface area (Å²) < 4.78 is 45.5. The quantitative estimate of drug-likeness (QED) is 0.0914. The van der Waals surface area contributed by atoms with Crippen LogP contribution in [0, 0.1) is 16.7 Å². The Morgan fingerprint density at radius 2 is 1.40 bits per heavy atom. The van der Waals surface area contributed by atoms with Crippen LogP contribution in [0.25, 0.3) is 0 Å². The Morgan fingerprint density at radius 3 is 1.97 bits per heavy atom. The standard InChI is InChI=1S/C51H78O11Si/c1-35-25-28-51(61-43(35)33-37(53)31-36(52)32-39-20-18-19-38(59-39)27-30-57-46(54)48(2,3)4)29-26-42(56-11)45(62-51)44(60-47(55)49(5,6)7)34-58-63(50(8,9)10,40-21-14-12-15-22-40)41-23-16-13-17-24-41/h12-17,21-25,28,35-39,42-45,52-53H,18-20,26-27,29-34H2,1-11H3/t35-,36-,37-,38+,39-,42-,43+,44-,45-,51-/m0/s1. The molecule has 0 amide bonds. The van der Waals surface area contributed by atoms with Crippen molar-refractivity contribution in [3.8, 4) is 0 Å². The molecule has 63 heavy (non-hydrogen) atoms. The Balaban J connectivity index is 1.29. The van der Waals surface area contributed by atoms with E-state index in [2.05, 4.69) is 58.0 Å². The van der Waals surface area contributed by atoms with Crippen LogP contribution < -0.4 is 10.4 Å². The highest BCUT2D eigenvalue weighted by Crippen LogP contribution is 2.42. The molecule has 352 valence electrons. The minimum Gasteiger partial charge on any atom is -0.465 e. The molecule has 12 heteroatoms. The maximum absolute atomic E-state index is 13.8. The number of ether oxygens (including phenoxy) is 6. The average molecular weight is 895 g/mol. The van der Waals surface area contributed by atoms with Crippen molar-refractivity contribution in [1.29, 1.82) is 0 Å². The normalized spacial score (nSPS) is 27.4. The van der Waals surface area contributed by atoms with E-state index in [-0.39, 0.29) is 48.1 Å². The van der Waals surface area contributed by atoms with Crippen LogP contribution in [0.5, 0.6) is 0 Å². The number of carbonyl (C=O) groups excluding carboxylic acids is 2. The molecule has 2 fully saturated rings. The number of aliphatic hydroxyl groups excluding tert-OH is 2. The summed E-state index contributed by atoms with van der Waals surface area (Å²) in [5.41, 5.74) is -1.34. The van der Waals surface area contributed by atoms with Crippen molar-refractivity contribution in [3.63, 3.8) is 0 Å². The number of hydrogen-bond donors (Lipinski definition) is 2. The number of rotatable bonds is 17. The van der Waals surface area contributed by atoms with Gasteiger partial charge in [-0.1, -0.05) is 94.4 Å². The van der Waals surface area contributed by atoms with E-state index in [1.165, 1.54) is 0 Å². The third-order valence-electron chi connectivity index (χ3n) is 12.8. The van der Waals surface area contributed by atoms with Gasteiger partial charge in [-0.3, -0.25) is 9.59 Å². The van der Waals surface area contributed by atoms with Crippen LogP contribution in [0.4, 0.5) is 0 Å². The van der Waals surface area contributed by atoms with Gasteiger partial charge in [-0.2, -0.15) is 0 Å². The molecule has 0 unspecified atom stereocenters. The van der Waals surface area contributed by atoms with Crippen LogP contribution in [-0.2, 0) is 42.4 Å². The molecule has 0 aromatic heterocycles. The van der Waals surface area contributed by atoms with E-state index in [4.69, 9.17) is 32.8 Å². The first-order chi connectivity index (χ1) is 29.6. The summed E-state index contributed by atoms with van der Waals surface area (Å²) in [5, 5.41) is 24.5. The van der Waals surface area contributed by atoms with Crippen molar-refractivity contribution in [2.75, 3.05) is 20.3 Å². The van der Waals surface area contributed by atoms with Gasteiger partial charge in [0.1, 0.15) is 6.10 Å². The number of aliphatic hydroxyl groups is 2. The second-order valence-corrected chi connectivity index (χ2v) is 25.6. The van der Waals surface area contributed by atoms with Crippen molar-refractivity contribution >= 4 is 30.6 Å². The number of hydrogen-bond acceptors (Lipinski definition) is 11. The van der Waals surface area contributed by atoms with Crippen molar-refractivity contribution in [2.24, 2.45) is 16.7 Å². The molecule has 0 bridgehead atoms. The number of methoxy groups -OCH3 is 1. The Bertz CT molecular complexity index is 1730. The summed E-state index contributed by atoms with van der Waals surface area (Å²) in [6, 6.07) is 20.7. The minimum atomic E-state index is -3.04. The first-order valence-corrected chi connectivity index (χ1v) is 25.2. The average Bonchev–Trinajstić information content (AvgIpc) is 3.21. The highest BCUT2D eigenvalue weighted by atomic mass is 28.4. The first-order valence-electron chi connectivity index (χ1n) is 23.3. The lowest BCUT2D eigenvalue weighted by molar-refractivity contribution is -0.316. The lowest BCUT2D eigenvalue weighted by Gasteiger charge is -2.49. The lowest BCUT2D eigenvalue weighted by atomic mass is 9.88. The van der Waals surface area contributed by atoms with Gasteiger partial charge in [-0.05, 0) is 102 Å². The zero-order chi connectivity index (χ0) is 46.2. The summed E-state index contributed by atoms with van der Waals surface area (Å²) >= 11 is 0. The largest absolute Gasteiger partial charge is 0.465 e. The fourth-order valence-corrected chi connectivity index (χ4v) is 13.7. The van der Waals surface area contributed by atoms with Gasteiger partial charge >= 0.3 is 11.9 Å². The fourth-order valence-electron chi connectivity index (χ4n) is 9.16. The van der Waals surface area contributed by atoms with Gasteiger partial charge in [-0.15, -0.1) is 0 Å². The molecule has 3 aliphatic rings. The van der Waals surface area contributed by atoms with Crippen molar-refractivity contribution in [2.45, 2.75) is 187 Å². The number of carbonyl (C=O) groups is 2. The van der Waals surface area contributed by atoms with Crippen LogP contribution in [-0.4, -0.2) is 105 Å². The van der Waals surface area contributed by atoms with Crippen LogP contribution >= 0.6 is 0 Å². The molecule has 11 nitrogen and oxygen atoms in total. The topological polar surface area (TPSA) is 139 Å². The number of esters is 2. The van der Waals surface area contributed by atoms with E-state index in [0.717, 1.165) is 29.6 Å².